The molecule has 0 aliphatic heterocycles. The van der Waals surface area contributed by atoms with Crippen molar-refractivity contribution in [3.63, 3.8) is 0 Å². The Labute approximate surface area is 100 Å². The Morgan fingerprint density at radius 2 is 0.867 bits per heavy atom. The molecule has 15 heavy (non-hydrogen) atoms. The van der Waals surface area contributed by atoms with Crippen LogP contribution in [0, 0.1) is 0 Å². The first-order chi connectivity index (χ1) is 6.95. The molecule has 0 heterocycles. The minimum absolute atomic E-state index is 0. The van der Waals surface area contributed by atoms with Crippen LogP contribution < -0.4 is 10.9 Å². The standard InChI is InChI=1S/C12H12N2.Fe/c1-3-7-11(8-4-1)13-14-12-9-5-2-6-10-12;/h1-10,13-14H;. The van der Waals surface area contributed by atoms with Gasteiger partial charge in [0.25, 0.3) is 0 Å². The number of nitrogens with one attached hydrogen (secondary N) is 2. The van der Waals surface area contributed by atoms with Crippen molar-refractivity contribution < 1.29 is 17.1 Å². The molecule has 0 bridgehead atoms. The van der Waals surface area contributed by atoms with Gasteiger partial charge in [-0.1, -0.05) is 36.4 Å². The van der Waals surface area contributed by atoms with E-state index in [0.29, 0.717) is 0 Å². The molecule has 2 N–H and O–H groups in total. The summed E-state index contributed by atoms with van der Waals surface area (Å²) in [5, 5.41) is 0. The fourth-order valence-electron chi connectivity index (χ4n) is 1.19. The SMILES string of the molecule is [Fe].c1ccc(NNc2ccccc2)cc1. The van der Waals surface area contributed by atoms with Crippen molar-refractivity contribution in [2.75, 3.05) is 10.9 Å². The zero-order valence-electron chi connectivity index (χ0n) is 8.13. The molecule has 78 valence electrons. The molecular formula is C12H12FeN2. The summed E-state index contributed by atoms with van der Waals surface area (Å²) in [6.07, 6.45) is 0. The van der Waals surface area contributed by atoms with Gasteiger partial charge in [0.1, 0.15) is 0 Å². The van der Waals surface area contributed by atoms with E-state index in [0.717, 1.165) is 11.4 Å². The van der Waals surface area contributed by atoms with Gasteiger partial charge in [-0.2, -0.15) is 0 Å². The van der Waals surface area contributed by atoms with Crippen LogP contribution in [-0.4, -0.2) is 0 Å². The number of rotatable bonds is 3. The Hall–Kier alpha value is -1.44. The second kappa shape index (κ2) is 6.12. The summed E-state index contributed by atoms with van der Waals surface area (Å²) < 4.78 is 0. The Kier molecular flexibility index (Phi) is 4.75. The van der Waals surface area contributed by atoms with Crippen LogP contribution in [-0.2, 0) is 17.1 Å². The summed E-state index contributed by atoms with van der Waals surface area (Å²) in [6.45, 7) is 0. The summed E-state index contributed by atoms with van der Waals surface area (Å²) >= 11 is 0. The monoisotopic (exact) mass is 240 g/mol. The van der Waals surface area contributed by atoms with Gasteiger partial charge in [0.2, 0.25) is 0 Å². The number of anilines is 2. The Morgan fingerprint density at radius 3 is 1.20 bits per heavy atom. The number of hydrogen-bond acceptors (Lipinski definition) is 2. The summed E-state index contributed by atoms with van der Waals surface area (Å²) in [5.41, 5.74) is 8.33. The van der Waals surface area contributed by atoms with Crippen molar-refractivity contribution in [1.29, 1.82) is 0 Å². The zero-order valence-corrected chi connectivity index (χ0v) is 9.23. The van der Waals surface area contributed by atoms with Gasteiger partial charge >= 0.3 is 0 Å². The smallest absolute Gasteiger partial charge is 0.0539 e. The van der Waals surface area contributed by atoms with Gasteiger partial charge in [0.05, 0.1) is 11.4 Å². The summed E-state index contributed by atoms with van der Waals surface area (Å²) in [7, 11) is 0. The van der Waals surface area contributed by atoms with Crippen LogP contribution >= 0.6 is 0 Å². The van der Waals surface area contributed by atoms with E-state index in [2.05, 4.69) is 10.9 Å². The summed E-state index contributed by atoms with van der Waals surface area (Å²) in [5.74, 6) is 0. The maximum atomic E-state index is 3.11. The third kappa shape index (κ3) is 3.66. The molecule has 0 saturated carbocycles. The van der Waals surface area contributed by atoms with Crippen LogP contribution in [0.25, 0.3) is 0 Å². The average Bonchev–Trinajstić information content (AvgIpc) is 2.29. The predicted molar refractivity (Wildman–Crippen MR) is 60.1 cm³/mol. The van der Waals surface area contributed by atoms with Crippen molar-refractivity contribution in [1.82, 2.24) is 0 Å². The first-order valence-electron chi connectivity index (χ1n) is 4.57. The second-order valence-electron chi connectivity index (χ2n) is 2.98. The molecule has 0 radical (unpaired) electrons. The third-order valence-corrected chi connectivity index (χ3v) is 1.90. The molecule has 0 saturated heterocycles. The van der Waals surface area contributed by atoms with Gasteiger partial charge < -0.3 is 10.9 Å². The van der Waals surface area contributed by atoms with Crippen molar-refractivity contribution in [3.8, 4) is 0 Å². The van der Waals surface area contributed by atoms with Gasteiger partial charge in [0.15, 0.2) is 0 Å². The van der Waals surface area contributed by atoms with Gasteiger partial charge in [-0.3, -0.25) is 0 Å². The van der Waals surface area contributed by atoms with Crippen LogP contribution in [0.1, 0.15) is 0 Å². The fraction of sp³-hybridized carbons (Fsp3) is 0. The van der Waals surface area contributed by atoms with Gasteiger partial charge in [-0.15, -0.1) is 0 Å². The van der Waals surface area contributed by atoms with Crippen molar-refractivity contribution in [3.05, 3.63) is 60.7 Å². The van der Waals surface area contributed by atoms with Gasteiger partial charge in [-0.05, 0) is 24.3 Å². The molecule has 2 aromatic rings. The number of hydrazine groups is 1. The third-order valence-electron chi connectivity index (χ3n) is 1.90. The minimum Gasteiger partial charge on any atom is -0.301 e. The average molecular weight is 240 g/mol. The molecule has 0 aromatic heterocycles. The topological polar surface area (TPSA) is 24.1 Å². The van der Waals surface area contributed by atoms with E-state index in [-0.39, 0.29) is 17.1 Å². The molecule has 3 heteroatoms. The van der Waals surface area contributed by atoms with E-state index < -0.39 is 0 Å². The van der Waals surface area contributed by atoms with Crippen molar-refractivity contribution >= 4 is 11.4 Å². The van der Waals surface area contributed by atoms with E-state index in [1.165, 1.54) is 0 Å². The molecule has 2 aromatic carbocycles. The largest absolute Gasteiger partial charge is 0.301 e. The predicted octanol–water partition coefficient (Wildman–Crippen LogP) is 3.12. The van der Waals surface area contributed by atoms with Gasteiger partial charge in [0, 0.05) is 17.1 Å². The Morgan fingerprint density at radius 1 is 0.533 bits per heavy atom. The van der Waals surface area contributed by atoms with E-state index >= 15 is 0 Å². The zero-order chi connectivity index (χ0) is 9.64. The molecule has 0 spiro atoms. The summed E-state index contributed by atoms with van der Waals surface area (Å²) in [6, 6.07) is 20.0. The Bertz CT molecular complexity index is 336. The van der Waals surface area contributed by atoms with E-state index in [1.807, 2.05) is 60.7 Å². The molecule has 0 fully saturated rings. The maximum Gasteiger partial charge on any atom is 0.0539 e. The summed E-state index contributed by atoms with van der Waals surface area (Å²) in [4.78, 5) is 0. The van der Waals surface area contributed by atoms with Crippen LogP contribution in [0.4, 0.5) is 11.4 Å². The molecule has 0 amide bonds. The fourth-order valence-corrected chi connectivity index (χ4v) is 1.19. The molecule has 0 unspecified atom stereocenters. The van der Waals surface area contributed by atoms with Crippen molar-refractivity contribution in [2.45, 2.75) is 0 Å². The molecule has 0 atom stereocenters. The molecule has 2 rings (SSSR count). The van der Waals surface area contributed by atoms with Crippen LogP contribution in [0.5, 0.6) is 0 Å². The van der Waals surface area contributed by atoms with E-state index in [9.17, 15) is 0 Å². The van der Waals surface area contributed by atoms with Gasteiger partial charge in [-0.25, -0.2) is 0 Å². The van der Waals surface area contributed by atoms with E-state index in [1.54, 1.807) is 0 Å². The van der Waals surface area contributed by atoms with Crippen molar-refractivity contribution in [2.24, 2.45) is 0 Å². The first-order valence-corrected chi connectivity index (χ1v) is 4.57. The second-order valence-corrected chi connectivity index (χ2v) is 2.98. The van der Waals surface area contributed by atoms with E-state index in [4.69, 9.17) is 0 Å². The number of hydrogen-bond donors (Lipinski definition) is 2. The normalized spacial score (nSPS) is 8.80. The molecule has 0 aliphatic carbocycles. The number of para-hydroxylation sites is 2. The van der Waals surface area contributed by atoms with Crippen LogP contribution in [0.2, 0.25) is 0 Å². The minimum atomic E-state index is 0. The maximum absolute atomic E-state index is 3.11. The first kappa shape index (κ1) is 11.6. The van der Waals surface area contributed by atoms with Crippen LogP contribution in [0.15, 0.2) is 60.7 Å². The molecule has 0 aliphatic rings. The molecule has 2 nitrogen and oxygen atoms in total. The number of benzene rings is 2. The van der Waals surface area contributed by atoms with Crippen LogP contribution in [0.3, 0.4) is 0 Å². The Balaban J connectivity index is 0.00000112. The quantitative estimate of drug-likeness (QED) is 0.636. The molecular weight excluding hydrogens is 228 g/mol.